The molecule has 4 nitrogen and oxygen atoms in total. The third kappa shape index (κ3) is 1.81. The van der Waals surface area contributed by atoms with E-state index < -0.39 is 6.43 Å². The van der Waals surface area contributed by atoms with E-state index in [0.717, 1.165) is 6.20 Å². The summed E-state index contributed by atoms with van der Waals surface area (Å²) in [6.07, 6.45) is 1.38. The second-order valence-corrected chi connectivity index (χ2v) is 3.10. The van der Waals surface area contributed by atoms with Crippen molar-refractivity contribution in [2.24, 2.45) is 0 Å². The Labute approximate surface area is 90.2 Å². The van der Waals surface area contributed by atoms with Crippen LogP contribution in [0, 0.1) is 0 Å². The number of alkyl halides is 2. The first-order valence-corrected chi connectivity index (χ1v) is 4.49. The quantitative estimate of drug-likeness (QED) is 0.844. The van der Waals surface area contributed by atoms with E-state index in [1.54, 1.807) is 18.3 Å². The third-order valence-corrected chi connectivity index (χ3v) is 2.09. The van der Waals surface area contributed by atoms with Crippen molar-refractivity contribution in [1.82, 2.24) is 15.2 Å². The van der Waals surface area contributed by atoms with Crippen LogP contribution in [0.2, 0.25) is 0 Å². The van der Waals surface area contributed by atoms with Gasteiger partial charge >= 0.3 is 0 Å². The molecule has 0 spiro atoms. The fourth-order valence-corrected chi connectivity index (χ4v) is 1.41. The van der Waals surface area contributed by atoms with Gasteiger partial charge in [0.15, 0.2) is 5.82 Å². The predicted molar refractivity (Wildman–Crippen MR) is 54.6 cm³/mol. The number of hydrogen-bond acceptors (Lipinski definition) is 4. The van der Waals surface area contributed by atoms with Crippen molar-refractivity contribution in [2.45, 2.75) is 6.43 Å². The zero-order chi connectivity index (χ0) is 11.5. The van der Waals surface area contributed by atoms with Crippen LogP contribution in [0.15, 0.2) is 30.7 Å². The van der Waals surface area contributed by atoms with Gasteiger partial charge in [-0.05, 0) is 6.07 Å². The maximum absolute atomic E-state index is 12.7. The predicted octanol–water partition coefficient (Wildman–Crippen LogP) is 2.06. The van der Waals surface area contributed by atoms with Gasteiger partial charge in [-0.15, -0.1) is 5.10 Å². The first kappa shape index (κ1) is 10.4. The highest BCUT2D eigenvalue weighted by Gasteiger charge is 2.18. The lowest BCUT2D eigenvalue weighted by Gasteiger charge is -2.09. The number of rotatable bonds is 2. The molecule has 0 amide bonds. The van der Waals surface area contributed by atoms with Crippen LogP contribution in [0.3, 0.4) is 0 Å². The molecule has 2 aromatic rings. The summed E-state index contributed by atoms with van der Waals surface area (Å²) in [6.45, 7) is 0. The average molecular weight is 222 g/mol. The molecule has 0 aliphatic rings. The summed E-state index contributed by atoms with van der Waals surface area (Å²) in [6, 6.07) is 3.29. The summed E-state index contributed by atoms with van der Waals surface area (Å²) >= 11 is 0. The van der Waals surface area contributed by atoms with Gasteiger partial charge in [0.05, 0.1) is 6.20 Å². The molecular formula is C10H8F2N4. The number of nitrogen functional groups attached to an aromatic ring is 1. The van der Waals surface area contributed by atoms with Gasteiger partial charge in [0, 0.05) is 29.1 Å². The van der Waals surface area contributed by atoms with Gasteiger partial charge in [-0.1, -0.05) is 6.07 Å². The number of nitrogens with zero attached hydrogens (tertiary/aromatic N) is 3. The lowest BCUT2D eigenvalue weighted by Crippen LogP contribution is -2.01. The van der Waals surface area contributed by atoms with Crippen LogP contribution in [0.1, 0.15) is 12.0 Å². The SMILES string of the molecule is Nc1nncc(C(F)F)c1-c1cccnc1. The molecule has 2 aromatic heterocycles. The fourth-order valence-electron chi connectivity index (χ4n) is 1.41. The highest BCUT2D eigenvalue weighted by Crippen LogP contribution is 2.32. The van der Waals surface area contributed by atoms with Gasteiger partial charge < -0.3 is 5.73 Å². The van der Waals surface area contributed by atoms with Gasteiger partial charge in [0.2, 0.25) is 0 Å². The van der Waals surface area contributed by atoms with Gasteiger partial charge in [0.1, 0.15) is 0 Å². The standard InChI is InChI=1S/C10H8F2N4/c11-9(12)7-5-15-16-10(13)8(7)6-2-1-3-14-4-6/h1-5,9H,(H2,13,16). The number of aromatic nitrogens is 3. The number of anilines is 1. The Kier molecular flexibility index (Phi) is 2.72. The van der Waals surface area contributed by atoms with E-state index in [2.05, 4.69) is 15.2 Å². The lowest BCUT2D eigenvalue weighted by molar-refractivity contribution is 0.151. The lowest BCUT2D eigenvalue weighted by atomic mass is 10.0. The van der Waals surface area contributed by atoms with Gasteiger partial charge in [-0.2, -0.15) is 5.10 Å². The third-order valence-electron chi connectivity index (χ3n) is 2.09. The summed E-state index contributed by atoms with van der Waals surface area (Å²) in [4.78, 5) is 3.85. The summed E-state index contributed by atoms with van der Waals surface area (Å²) in [5.41, 5.74) is 6.02. The Hall–Kier alpha value is -2.11. The molecule has 82 valence electrons. The average Bonchev–Trinajstić information content (AvgIpc) is 2.29. The second-order valence-electron chi connectivity index (χ2n) is 3.10. The minimum absolute atomic E-state index is 0.0224. The summed E-state index contributed by atoms with van der Waals surface area (Å²) in [5.74, 6) is -0.0224. The van der Waals surface area contributed by atoms with E-state index in [0.29, 0.717) is 5.56 Å². The zero-order valence-corrected chi connectivity index (χ0v) is 8.14. The minimum Gasteiger partial charge on any atom is -0.382 e. The normalized spacial score (nSPS) is 10.7. The molecule has 0 aliphatic heterocycles. The number of nitrogens with two attached hydrogens (primary N) is 1. The highest BCUT2D eigenvalue weighted by molar-refractivity contribution is 5.75. The molecule has 0 aromatic carbocycles. The maximum Gasteiger partial charge on any atom is 0.266 e. The minimum atomic E-state index is -2.65. The molecule has 0 aliphatic carbocycles. The van der Waals surface area contributed by atoms with Gasteiger partial charge in [-0.3, -0.25) is 4.98 Å². The zero-order valence-electron chi connectivity index (χ0n) is 8.14. The molecule has 2 rings (SSSR count). The summed E-state index contributed by atoms with van der Waals surface area (Å²) in [5, 5.41) is 6.98. The van der Waals surface area contributed by atoms with Crippen molar-refractivity contribution in [2.75, 3.05) is 5.73 Å². The Morgan fingerprint density at radius 1 is 1.25 bits per heavy atom. The largest absolute Gasteiger partial charge is 0.382 e. The molecular weight excluding hydrogens is 214 g/mol. The molecule has 0 unspecified atom stereocenters. The molecule has 0 atom stereocenters. The monoisotopic (exact) mass is 222 g/mol. The van der Waals surface area contributed by atoms with Crippen LogP contribution in [0.4, 0.5) is 14.6 Å². The Balaban J connectivity index is 2.64. The topological polar surface area (TPSA) is 64.7 Å². The molecule has 0 saturated heterocycles. The van der Waals surface area contributed by atoms with Crippen molar-refractivity contribution in [3.05, 3.63) is 36.3 Å². The Bertz CT molecular complexity index is 487. The van der Waals surface area contributed by atoms with Gasteiger partial charge in [-0.25, -0.2) is 8.78 Å². The first-order valence-electron chi connectivity index (χ1n) is 4.49. The van der Waals surface area contributed by atoms with Crippen molar-refractivity contribution in [1.29, 1.82) is 0 Å². The molecule has 0 saturated carbocycles. The van der Waals surface area contributed by atoms with Gasteiger partial charge in [0.25, 0.3) is 6.43 Å². The summed E-state index contributed by atoms with van der Waals surface area (Å²) in [7, 11) is 0. The molecule has 0 fully saturated rings. The van der Waals surface area contributed by atoms with E-state index in [-0.39, 0.29) is 16.9 Å². The first-order chi connectivity index (χ1) is 7.70. The van der Waals surface area contributed by atoms with Crippen LogP contribution in [-0.2, 0) is 0 Å². The molecule has 0 radical (unpaired) electrons. The molecule has 2 N–H and O–H groups in total. The number of pyridine rings is 1. The van der Waals surface area contributed by atoms with E-state index in [1.165, 1.54) is 6.20 Å². The number of halogens is 2. The molecule has 0 bridgehead atoms. The van der Waals surface area contributed by atoms with Crippen molar-refractivity contribution < 1.29 is 8.78 Å². The van der Waals surface area contributed by atoms with Crippen molar-refractivity contribution in [3.8, 4) is 11.1 Å². The van der Waals surface area contributed by atoms with Crippen LogP contribution < -0.4 is 5.73 Å². The maximum atomic E-state index is 12.7. The highest BCUT2D eigenvalue weighted by atomic mass is 19.3. The van der Waals surface area contributed by atoms with E-state index in [4.69, 9.17) is 5.73 Å². The second kappa shape index (κ2) is 4.18. The van der Waals surface area contributed by atoms with Crippen LogP contribution in [0.5, 0.6) is 0 Å². The molecule has 6 heteroatoms. The van der Waals surface area contributed by atoms with Crippen molar-refractivity contribution in [3.63, 3.8) is 0 Å². The van der Waals surface area contributed by atoms with Crippen molar-refractivity contribution >= 4 is 5.82 Å². The van der Waals surface area contributed by atoms with Crippen LogP contribution in [0.25, 0.3) is 11.1 Å². The fraction of sp³-hybridized carbons (Fsp3) is 0.100. The number of hydrogen-bond donors (Lipinski definition) is 1. The Morgan fingerprint density at radius 2 is 2.06 bits per heavy atom. The van der Waals surface area contributed by atoms with Crippen LogP contribution in [-0.4, -0.2) is 15.2 Å². The van der Waals surface area contributed by atoms with E-state index >= 15 is 0 Å². The summed E-state index contributed by atoms with van der Waals surface area (Å²) < 4.78 is 25.5. The Morgan fingerprint density at radius 3 is 2.69 bits per heavy atom. The van der Waals surface area contributed by atoms with E-state index in [1.807, 2.05) is 0 Å². The molecule has 16 heavy (non-hydrogen) atoms. The van der Waals surface area contributed by atoms with E-state index in [9.17, 15) is 8.78 Å². The van der Waals surface area contributed by atoms with Crippen LogP contribution >= 0.6 is 0 Å². The molecule has 2 heterocycles. The smallest absolute Gasteiger partial charge is 0.266 e.